The van der Waals surface area contributed by atoms with Gasteiger partial charge in [0.05, 0.1) is 12.5 Å². The maximum absolute atomic E-state index is 12.5. The van der Waals surface area contributed by atoms with E-state index in [0.29, 0.717) is 0 Å². The van der Waals surface area contributed by atoms with Gasteiger partial charge >= 0.3 is 11.9 Å². The number of hydrogen-bond donors (Lipinski definition) is 7. The van der Waals surface area contributed by atoms with E-state index in [-0.39, 0.29) is 12.8 Å². The molecule has 0 aliphatic carbocycles. The maximum Gasteiger partial charge on any atom is 0.326 e. The minimum absolute atomic E-state index is 0.219. The van der Waals surface area contributed by atoms with E-state index >= 15 is 0 Å². The summed E-state index contributed by atoms with van der Waals surface area (Å²) in [6.07, 6.45) is -1.10. The summed E-state index contributed by atoms with van der Waals surface area (Å²) >= 11 is 0. The first-order valence-corrected chi connectivity index (χ1v) is 9.15. The van der Waals surface area contributed by atoms with E-state index in [4.69, 9.17) is 21.7 Å². The SMILES string of the molecule is CC(NC(=O)C(NC(=O)C(N)CC(=O)O)C(C)C)C(=O)NC(CCC(N)=O)C(=O)O. The second-order valence-corrected chi connectivity index (χ2v) is 7.07. The van der Waals surface area contributed by atoms with E-state index in [0.717, 1.165) is 0 Å². The molecule has 0 fully saturated rings. The predicted octanol–water partition coefficient (Wildman–Crippen LogP) is -2.73. The van der Waals surface area contributed by atoms with Crippen LogP contribution >= 0.6 is 0 Å². The van der Waals surface area contributed by atoms with Crippen LogP contribution < -0.4 is 27.4 Å². The van der Waals surface area contributed by atoms with Crippen molar-refractivity contribution in [1.82, 2.24) is 16.0 Å². The van der Waals surface area contributed by atoms with Crippen molar-refractivity contribution in [2.24, 2.45) is 17.4 Å². The van der Waals surface area contributed by atoms with Gasteiger partial charge in [-0.25, -0.2) is 4.79 Å². The third-order valence-electron chi connectivity index (χ3n) is 4.02. The molecule has 0 aliphatic heterocycles. The van der Waals surface area contributed by atoms with E-state index in [2.05, 4.69) is 16.0 Å². The van der Waals surface area contributed by atoms with Gasteiger partial charge in [-0.2, -0.15) is 0 Å². The first kappa shape index (κ1) is 26.8. The summed E-state index contributed by atoms with van der Waals surface area (Å²) in [7, 11) is 0. The highest BCUT2D eigenvalue weighted by atomic mass is 16.4. The minimum Gasteiger partial charge on any atom is -0.481 e. The number of aliphatic carboxylic acids is 2. The quantitative estimate of drug-likeness (QED) is 0.160. The van der Waals surface area contributed by atoms with Crippen LogP contribution in [0.15, 0.2) is 0 Å². The highest BCUT2D eigenvalue weighted by molar-refractivity contribution is 5.94. The van der Waals surface area contributed by atoms with Crippen LogP contribution in [0.2, 0.25) is 0 Å². The molecule has 13 heteroatoms. The maximum atomic E-state index is 12.5. The lowest BCUT2D eigenvalue weighted by atomic mass is 10.0. The van der Waals surface area contributed by atoms with Crippen molar-refractivity contribution < 1.29 is 39.0 Å². The van der Waals surface area contributed by atoms with Crippen LogP contribution in [0.4, 0.5) is 0 Å². The molecule has 30 heavy (non-hydrogen) atoms. The lowest BCUT2D eigenvalue weighted by Crippen LogP contribution is -2.57. The second kappa shape index (κ2) is 12.4. The van der Waals surface area contributed by atoms with Crippen molar-refractivity contribution in [2.45, 2.75) is 64.2 Å². The number of carbonyl (C=O) groups is 6. The van der Waals surface area contributed by atoms with Crippen molar-refractivity contribution >= 4 is 35.6 Å². The van der Waals surface area contributed by atoms with Gasteiger partial charge in [-0.3, -0.25) is 24.0 Å². The Morgan fingerprint density at radius 3 is 1.87 bits per heavy atom. The van der Waals surface area contributed by atoms with Gasteiger partial charge in [0.25, 0.3) is 0 Å². The molecule has 0 bridgehead atoms. The van der Waals surface area contributed by atoms with Gasteiger partial charge in [0.1, 0.15) is 18.1 Å². The van der Waals surface area contributed by atoms with Crippen molar-refractivity contribution in [3.8, 4) is 0 Å². The first-order chi connectivity index (χ1) is 13.8. The Bertz CT molecular complexity index is 681. The van der Waals surface area contributed by atoms with Crippen LogP contribution in [0.5, 0.6) is 0 Å². The summed E-state index contributed by atoms with van der Waals surface area (Å²) in [5.74, 6) is -6.22. The monoisotopic (exact) mass is 431 g/mol. The molecule has 0 aromatic rings. The Hall–Kier alpha value is -3.22. The van der Waals surface area contributed by atoms with Crippen molar-refractivity contribution in [3.63, 3.8) is 0 Å². The Balaban J connectivity index is 4.99. The molecule has 0 saturated heterocycles. The third-order valence-corrected chi connectivity index (χ3v) is 4.02. The van der Waals surface area contributed by atoms with Crippen LogP contribution in [0.25, 0.3) is 0 Å². The smallest absolute Gasteiger partial charge is 0.326 e. The number of amides is 4. The van der Waals surface area contributed by atoms with Crippen LogP contribution in [0.1, 0.15) is 40.0 Å². The van der Waals surface area contributed by atoms with E-state index in [1.807, 2.05) is 0 Å². The van der Waals surface area contributed by atoms with Crippen molar-refractivity contribution in [1.29, 1.82) is 0 Å². The molecular weight excluding hydrogens is 402 g/mol. The highest BCUT2D eigenvalue weighted by Crippen LogP contribution is 2.04. The molecule has 0 aliphatic rings. The topological polar surface area (TPSA) is 231 Å². The van der Waals surface area contributed by atoms with Crippen LogP contribution in [-0.2, 0) is 28.8 Å². The summed E-state index contributed by atoms with van der Waals surface area (Å²) in [5.41, 5.74) is 10.4. The Morgan fingerprint density at radius 1 is 0.867 bits per heavy atom. The summed E-state index contributed by atoms with van der Waals surface area (Å²) < 4.78 is 0. The number of nitrogens with one attached hydrogen (secondary N) is 3. The van der Waals surface area contributed by atoms with E-state index < -0.39 is 72.1 Å². The molecule has 4 amide bonds. The lowest BCUT2D eigenvalue weighted by molar-refractivity contribution is -0.142. The fraction of sp³-hybridized carbons (Fsp3) is 0.647. The van der Waals surface area contributed by atoms with Crippen LogP contribution in [-0.4, -0.2) is 69.9 Å². The highest BCUT2D eigenvalue weighted by Gasteiger charge is 2.30. The molecule has 13 nitrogen and oxygen atoms in total. The number of carboxylic acid groups (broad SMARTS) is 2. The zero-order chi connectivity index (χ0) is 23.6. The molecule has 4 atom stereocenters. The predicted molar refractivity (Wildman–Crippen MR) is 103 cm³/mol. The Labute approximate surface area is 172 Å². The molecule has 0 spiro atoms. The molecule has 0 rings (SSSR count). The second-order valence-electron chi connectivity index (χ2n) is 7.07. The van der Waals surface area contributed by atoms with Crippen LogP contribution in [0.3, 0.4) is 0 Å². The molecule has 0 aromatic heterocycles. The molecule has 170 valence electrons. The molecular formula is C17H29N5O8. The van der Waals surface area contributed by atoms with Crippen LogP contribution in [0, 0.1) is 5.92 Å². The molecule has 0 heterocycles. The molecule has 0 radical (unpaired) electrons. The fourth-order valence-corrected chi connectivity index (χ4v) is 2.29. The molecule has 0 aromatic carbocycles. The van der Waals surface area contributed by atoms with E-state index in [9.17, 15) is 28.8 Å². The van der Waals surface area contributed by atoms with Gasteiger partial charge in [0.15, 0.2) is 0 Å². The third kappa shape index (κ3) is 9.82. The Morgan fingerprint density at radius 2 is 1.43 bits per heavy atom. The number of primary amides is 1. The minimum atomic E-state index is -1.38. The zero-order valence-electron chi connectivity index (χ0n) is 17.0. The number of nitrogens with two attached hydrogens (primary N) is 2. The molecule has 4 unspecified atom stereocenters. The summed E-state index contributed by atoms with van der Waals surface area (Å²) in [4.78, 5) is 69.3. The van der Waals surface area contributed by atoms with Gasteiger partial charge < -0.3 is 37.6 Å². The first-order valence-electron chi connectivity index (χ1n) is 9.15. The van der Waals surface area contributed by atoms with Gasteiger partial charge in [-0.1, -0.05) is 13.8 Å². The standard InChI is InChI=1S/C17H29N5O8/c1-7(2)13(22-15(27)9(18)6-12(24)25)16(28)20-8(3)14(26)21-10(17(29)30)4-5-11(19)23/h7-10,13H,4-6,18H2,1-3H3,(H2,19,23)(H,20,28)(H,21,26)(H,22,27)(H,24,25)(H,29,30). The normalized spacial score (nSPS) is 14.7. The number of rotatable bonds is 13. The fourth-order valence-electron chi connectivity index (χ4n) is 2.29. The van der Waals surface area contributed by atoms with E-state index in [1.54, 1.807) is 13.8 Å². The largest absolute Gasteiger partial charge is 0.481 e. The van der Waals surface area contributed by atoms with Gasteiger partial charge in [0.2, 0.25) is 23.6 Å². The molecule has 0 saturated carbocycles. The lowest BCUT2D eigenvalue weighted by Gasteiger charge is -2.25. The van der Waals surface area contributed by atoms with E-state index in [1.165, 1.54) is 6.92 Å². The molecule has 9 N–H and O–H groups in total. The van der Waals surface area contributed by atoms with Crippen molar-refractivity contribution in [3.05, 3.63) is 0 Å². The zero-order valence-corrected chi connectivity index (χ0v) is 17.0. The number of carboxylic acids is 2. The van der Waals surface area contributed by atoms with Crippen molar-refractivity contribution in [2.75, 3.05) is 0 Å². The average molecular weight is 431 g/mol. The van der Waals surface area contributed by atoms with Gasteiger partial charge in [-0.15, -0.1) is 0 Å². The summed E-state index contributed by atoms with van der Waals surface area (Å²) in [5, 5.41) is 24.7. The van der Waals surface area contributed by atoms with Gasteiger partial charge in [0, 0.05) is 6.42 Å². The average Bonchev–Trinajstić information content (AvgIpc) is 2.60. The number of carbonyl (C=O) groups excluding carboxylic acids is 4. The number of hydrogen-bond acceptors (Lipinski definition) is 7. The summed E-state index contributed by atoms with van der Waals surface area (Å²) in [6, 6.07) is -5.02. The summed E-state index contributed by atoms with van der Waals surface area (Å²) in [6.45, 7) is 4.53. The Kier molecular flexibility index (Phi) is 11.0. The van der Waals surface area contributed by atoms with Gasteiger partial charge in [-0.05, 0) is 19.3 Å².